The van der Waals surface area contributed by atoms with Crippen LogP contribution in [0.4, 0.5) is 11.5 Å². The van der Waals surface area contributed by atoms with E-state index in [4.69, 9.17) is 12.8 Å². The zero-order chi connectivity index (χ0) is 25.3. The predicted molar refractivity (Wildman–Crippen MR) is 133 cm³/mol. The van der Waals surface area contributed by atoms with Crippen molar-refractivity contribution in [3.63, 3.8) is 0 Å². The number of hydrogen-bond donors (Lipinski definition) is 3. The third-order valence-electron chi connectivity index (χ3n) is 5.50. The van der Waals surface area contributed by atoms with Gasteiger partial charge in [-0.1, -0.05) is 18.2 Å². The van der Waals surface area contributed by atoms with Crippen molar-refractivity contribution in [3.05, 3.63) is 70.1 Å². The van der Waals surface area contributed by atoms with Crippen LogP contribution >= 0.6 is 0 Å². The largest absolute Gasteiger partial charge is 0.446 e. The first-order chi connectivity index (χ1) is 17.5. The van der Waals surface area contributed by atoms with E-state index in [1.165, 1.54) is 6.20 Å². The minimum Gasteiger partial charge on any atom is -0.446 e. The van der Waals surface area contributed by atoms with Crippen LogP contribution in [0.15, 0.2) is 53.5 Å². The van der Waals surface area contributed by atoms with Crippen LogP contribution in [0.1, 0.15) is 15.9 Å². The fraction of sp³-hybridized carbons (Fsp3) is 0.292. The molecule has 1 aliphatic heterocycles. The Labute approximate surface area is 208 Å². The summed E-state index contributed by atoms with van der Waals surface area (Å²) in [5.41, 5.74) is 2.29. The van der Waals surface area contributed by atoms with E-state index in [-0.39, 0.29) is 30.5 Å². The Bertz CT molecular complexity index is 1260. The minimum atomic E-state index is -0.424. The number of H-pyrrole nitrogens is 1. The summed E-state index contributed by atoms with van der Waals surface area (Å²) in [5.74, 6) is 0.133. The van der Waals surface area contributed by atoms with Gasteiger partial charge in [-0.25, -0.2) is 10.1 Å². The maximum Gasteiger partial charge on any atom is 0.287 e. The van der Waals surface area contributed by atoms with Crippen molar-refractivity contribution in [2.45, 2.75) is 6.42 Å². The van der Waals surface area contributed by atoms with Crippen LogP contribution in [0, 0.1) is 0 Å². The fourth-order valence-corrected chi connectivity index (χ4v) is 3.67. The number of carbonyl (C=O) groups excluding carboxylic acids is 2. The Kier molecular flexibility index (Phi) is 8.42. The number of aromatic amines is 1. The maximum absolute atomic E-state index is 12.6. The van der Waals surface area contributed by atoms with Crippen molar-refractivity contribution in [2.24, 2.45) is 0 Å². The van der Waals surface area contributed by atoms with Gasteiger partial charge in [-0.2, -0.15) is 5.10 Å². The first-order valence-electron chi connectivity index (χ1n) is 11.4. The number of pyridine rings is 1. The molecule has 4 rings (SSSR count). The van der Waals surface area contributed by atoms with Crippen LogP contribution in [0.3, 0.4) is 0 Å². The second-order valence-electron chi connectivity index (χ2n) is 8.06. The van der Waals surface area contributed by atoms with Gasteiger partial charge in [0, 0.05) is 38.0 Å². The summed E-state index contributed by atoms with van der Waals surface area (Å²) in [5, 5.41) is 12.3. The number of nitrogens with one attached hydrogen (secondary N) is 3. The van der Waals surface area contributed by atoms with Gasteiger partial charge in [0.1, 0.15) is 11.5 Å². The molecule has 0 unspecified atom stereocenters. The number of morpholine rings is 1. The second kappa shape index (κ2) is 12.1. The van der Waals surface area contributed by atoms with Gasteiger partial charge in [-0.15, -0.1) is 0 Å². The number of rotatable bonds is 9. The van der Waals surface area contributed by atoms with Crippen molar-refractivity contribution in [3.8, 4) is 11.3 Å². The number of benzene rings is 1. The van der Waals surface area contributed by atoms with Gasteiger partial charge in [0.25, 0.3) is 19.5 Å². The van der Waals surface area contributed by atoms with Crippen LogP contribution in [0.25, 0.3) is 11.3 Å². The standard InChI is InChI=1S/C24H25BN6O5/c25-36-9-6-26-22(32)13-16-2-1-3-17(12-16)19-14-20(23(33)30-29-19)28-21-5-4-18(15-27-21)24(34)31-7-10-35-11-8-31/h1-5,12,14-15H,6-11,13H2,(H,26,32)(H,30,33)(H,27,28,29). The molecule has 1 fully saturated rings. The molecule has 0 saturated carbocycles. The lowest BCUT2D eigenvalue weighted by Gasteiger charge is -2.26. The lowest BCUT2D eigenvalue weighted by atomic mass is 10.1. The fourth-order valence-electron chi connectivity index (χ4n) is 3.67. The lowest BCUT2D eigenvalue weighted by molar-refractivity contribution is -0.120. The summed E-state index contributed by atoms with van der Waals surface area (Å²) in [6, 6.07) is 12.2. The zero-order valence-electron chi connectivity index (χ0n) is 19.5. The van der Waals surface area contributed by atoms with Crippen LogP contribution in [-0.2, 0) is 20.6 Å². The number of carbonyl (C=O) groups is 2. The summed E-state index contributed by atoms with van der Waals surface area (Å²) in [6.07, 6.45) is 1.65. The quantitative estimate of drug-likeness (QED) is 0.297. The highest BCUT2D eigenvalue weighted by Crippen LogP contribution is 2.21. The van der Waals surface area contributed by atoms with E-state index in [1.54, 1.807) is 23.1 Å². The van der Waals surface area contributed by atoms with E-state index in [0.29, 0.717) is 49.9 Å². The average molecular weight is 488 g/mol. The van der Waals surface area contributed by atoms with Crippen LogP contribution < -0.4 is 16.2 Å². The second-order valence-corrected chi connectivity index (χ2v) is 8.06. The van der Waals surface area contributed by atoms with E-state index < -0.39 is 5.56 Å². The molecule has 36 heavy (non-hydrogen) atoms. The van der Waals surface area contributed by atoms with Gasteiger partial charge >= 0.3 is 0 Å². The zero-order valence-corrected chi connectivity index (χ0v) is 19.5. The topological polar surface area (TPSA) is 139 Å². The molecule has 1 aromatic carbocycles. The number of ether oxygens (including phenoxy) is 1. The summed E-state index contributed by atoms with van der Waals surface area (Å²) >= 11 is 0. The van der Waals surface area contributed by atoms with E-state index in [0.717, 1.165) is 11.1 Å². The molecule has 0 atom stereocenters. The Morgan fingerprint density at radius 2 is 2.00 bits per heavy atom. The average Bonchev–Trinajstić information content (AvgIpc) is 2.91. The molecule has 0 aliphatic carbocycles. The molecule has 0 bridgehead atoms. The Morgan fingerprint density at radius 3 is 2.75 bits per heavy atom. The summed E-state index contributed by atoms with van der Waals surface area (Å²) < 4.78 is 9.72. The Balaban J connectivity index is 1.45. The smallest absolute Gasteiger partial charge is 0.287 e. The lowest BCUT2D eigenvalue weighted by Crippen LogP contribution is -2.40. The number of nitrogens with zero attached hydrogens (tertiary/aromatic N) is 3. The molecule has 3 aromatic rings. The SMILES string of the molecule is [B]OCCNC(=O)Cc1cccc(-c2cc(Nc3ccc(C(=O)N4CCOCC4)cn3)c(=O)[nH]n2)c1. The van der Waals surface area contributed by atoms with Crippen LogP contribution in [0.2, 0.25) is 0 Å². The van der Waals surface area contributed by atoms with E-state index >= 15 is 0 Å². The minimum absolute atomic E-state index is 0.109. The maximum atomic E-state index is 12.6. The first-order valence-corrected chi connectivity index (χ1v) is 11.4. The highest BCUT2D eigenvalue weighted by molar-refractivity contribution is 5.98. The molecule has 1 saturated heterocycles. The molecular formula is C24H25BN6O5. The normalized spacial score (nSPS) is 13.3. The monoisotopic (exact) mass is 488 g/mol. The molecule has 0 spiro atoms. The van der Waals surface area contributed by atoms with Crippen molar-refractivity contribution in [1.29, 1.82) is 0 Å². The number of aromatic nitrogens is 3. The van der Waals surface area contributed by atoms with E-state index in [9.17, 15) is 14.4 Å². The van der Waals surface area contributed by atoms with Gasteiger partial charge in [-0.3, -0.25) is 14.4 Å². The van der Waals surface area contributed by atoms with Gasteiger partial charge in [0.05, 0.1) is 30.9 Å². The van der Waals surface area contributed by atoms with Crippen molar-refractivity contribution in [1.82, 2.24) is 25.4 Å². The van der Waals surface area contributed by atoms with Crippen molar-refractivity contribution in [2.75, 3.05) is 44.8 Å². The Hall–Kier alpha value is -4.03. The molecule has 3 N–H and O–H groups in total. The van der Waals surface area contributed by atoms with Crippen LogP contribution in [0.5, 0.6) is 0 Å². The Morgan fingerprint density at radius 1 is 1.17 bits per heavy atom. The number of anilines is 2. The molecule has 2 aromatic heterocycles. The highest BCUT2D eigenvalue weighted by atomic mass is 16.5. The van der Waals surface area contributed by atoms with Crippen LogP contribution in [-0.4, -0.2) is 79.4 Å². The van der Waals surface area contributed by atoms with Crippen molar-refractivity contribution < 1.29 is 19.0 Å². The third kappa shape index (κ3) is 6.55. The van der Waals surface area contributed by atoms with E-state index in [2.05, 4.69) is 30.5 Å². The molecule has 184 valence electrons. The summed E-state index contributed by atoms with van der Waals surface area (Å²) in [7, 11) is 4.96. The molecule has 11 nitrogen and oxygen atoms in total. The predicted octanol–water partition coefficient (Wildman–Crippen LogP) is 0.807. The molecule has 1 aliphatic rings. The van der Waals surface area contributed by atoms with Gasteiger partial charge in [-0.05, 0) is 29.8 Å². The highest BCUT2D eigenvalue weighted by Gasteiger charge is 2.19. The molecular weight excluding hydrogens is 463 g/mol. The summed E-state index contributed by atoms with van der Waals surface area (Å²) in [4.78, 5) is 43.1. The van der Waals surface area contributed by atoms with Gasteiger partial charge in [0.15, 0.2) is 0 Å². The summed E-state index contributed by atoms with van der Waals surface area (Å²) in [6.45, 7) is 2.68. The van der Waals surface area contributed by atoms with Gasteiger partial charge < -0.3 is 24.9 Å². The molecule has 2 radical (unpaired) electrons. The molecule has 2 amide bonds. The third-order valence-corrected chi connectivity index (χ3v) is 5.50. The van der Waals surface area contributed by atoms with E-state index in [1.807, 2.05) is 24.3 Å². The van der Waals surface area contributed by atoms with Crippen molar-refractivity contribution >= 4 is 31.4 Å². The number of amides is 2. The first kappa shape index (κ1) is 25.1. The molecule has 12 heteroatoms. The van der Waals surface area contributed by atoms with Gasteiger partial charge in [0.2, 0.25) is 5.91 Å². The molecule has 3 heterocycles. The number of hydrogen-bond acceptors (Lipinski definition) is 8.